The normalized spacial score (nSPS) is 12.5. The Hall–Kier alpha value is -1.96. The molecule has 0 aliphatic heterocycles. The maximum Gasteiger partial charge on any atom is 0.119 e. The Kier molecular flexibility index (Phi) is 9.25. The van der Waals surface area contributed by atoms with E-state index in [-0.39, 0.29) is 16.7 Å². The van der Waals surface area contributed by atoms with Crippen molar-refractivity contribution >= 4 is 0 Å². The standard InChI is InChI=1S/C30H46O2/c1-8-9-10-11-12-13-14-15-24(22-16-18-27(31)25(20-22)29(2,3)4)23-17-19-28(32)26(21-23)30(5,6)7/h16-21,24,31-32H,8-15H2,1-7H3. The largest absolute Gasteiger partial charge is 0.508 e. The fraction of sp³-hybridized carbons (Fsp3) is 0.600. The van der Waals surface area contributed by atoms with Crippen LogP contribution in [0.1, 0.15) is 128 Å². The number of rotatable bonds is 10. The second-order valence-electron chi connectivity index (χ2n) is 11.5. The van der Waals surface area contributed by atoms with E-state index in [4.69, 9.17) is 0 Å². The van der Waals surface area contributed by atoms with Crippen molar-refractivity contribution < 1.29 is 10.2 Å². The van der Waals surface area contributed by atoms with Gasteiger partial charge >= 0.3 is 0 Å². The number of unbranched alkanes of at least 4 members (excludes halogenated alkanes) is 6. The molecule has 0 saturated carbocycles. The lowest BCUT2D eigenvalue weighted by Gasteiger charge is -2.26. The second-order valence-corrected chi connectivity index (χ2v) is 11.5. The van der Waals surface area contributed by atoms with E-state index >= 15 is 0 Å². The van der Waals surface area contributed by atoms with Crippen molar-refractivity contribution in [2.75, 3.05) is 0 Å². The van der Waals surface area contributed by atoms with Crippen LogP contribution in [0, 0.1) is 0 Å². The van der Waals surface area contributed by atoms with Gasteiger partial charge in [0, 0.05) is 5.92 Å². The van der Waals surface area contributed by atoms with E-state index in [1.54, 1.807) is 0 Å². The molecule has 0 heterocycles. The molecular formula is C30H46O2. The predicted molar refractivity (Wildman–Crippen MR) is 138 cm³/mol. The van der Waals surface area contributed by atoms with Crippen LogP contribution >= 0.6 is 0 Å². The molecule has 0 atom stereocenters. The molecule has 2 rings (SSSR count). The van der Waals surface area contributed by atoms with Gasteiger partial charge in [0.05, 0.1) is 0 Å². The summed E-state index contributed by atoms with van der Waals surface area (Å²) in [5, 5.41) is 21.0. The molecule has 0 unspecified atom stereocenters. The molecule has 0 aromatic heterocycles. The van der Waals surface area contributed by atoms with Crippen LogP contribution in [-0.4, -0.2) is 10.2 Å². The van der Waals surface area contributed by atoms with Gasteiger partial charge < -0.3 is 10.2 Å². The summed E-state index contributed by atoms with van der Waals surface area (Å²) in [6.45, 7) is 15.2. The van der Waals surface area contributed by atoms with Crippen molar-refractivity contribution in [3.63, 3.8) is 0 Å². The van der Waals surface area contributed by atoms with Crippen LogP contribution in [0.3, 0.4) is 0 Å². The van der Waals surface area contributed by atoms with Gasteiger partial charge in [-0.15, -0.1) is 0 Å². The Morgan fingerprint density at radius 1 is 0.625 bits per heavy atom. The van der Waals surface area contributed by atoms with E-state index in [0.717, 1.165) is 17.5 Å². The summed E-state index contributed by atoms with van der Waals surface area (Å²) >= 11 is 0. The lowest BCUT2D eigenvalue weighted by atomic mass is 9.79. The minimum atomic E-state index is -0.116. The molecule has 0 aliphatic rings. The van der Waals surface area contributed by atoms with Crippen LogP contribution in [0.25, 0.3) is 0 Å². The molecule has 0 aliphatic carbocycles. The van der Waals surface area contributed by atoms with Crippen molar-refractivity contribution in [2.24, 2.45) is 0 Å². The van der Waals surface area contributed by atoms with Gasteiger partial charge in [-0.05, 0) is 51.6 Å². The quantitative estimate of drug-likeness (QED) is 0.363. The second kappa shape index (κ2) is 11.3. The minimum absolute atomic E-state index is 0.116. The average molecular weight is 439 g/mol. The minimum Gasteiger partial charge on any atom is -0.508 e. The van der Waals surface area contributed by atoms with Crippen LogP contribution in [-0.2, 0) is 10.8 Å². The van der Waals surface area contributed by atoms with Crippen molar-refractivity contribution in [1.29, 1.82) is 0 Å². The smallest absolute Gasteiger partial charge is 0.119 e. The van der Waals surface area contributed by atoms with Crippen LogP contribution in [0.15, 0.2) is 36.4 Å². The van der Waals surface area contributed by atoms with Crippen molar-refractivity contribution in [3.05, 3.63) is 58.7 Å². The van der Waals surface area contributed by atoms with Gasteiger partial charge in [0.25, 0.3) is 0 Å². The van der Waals surface area contributed by atoms with Crippen LogP contribution in [0.4, 0.5) is 0 Å². The van der Waals surface area contributed by atoms with Gasteiger partial charge in [-0.3, -0.25) is 0 Å². The topological polar surface area (TPSA) is 40.5 Å². The SMILES string of the molecule is CCCCCCCCCC(c1ccc(O)c(C(C)(C)C)c1)c1ccc(O)c(C(C)(C)C)c1. The summed E-state index contributed by atoms with van der Waals surface area (Å²) in [5.41, 5.74) is 4.27. The highest BCUT2D eigenvalue weighted by Gasteiger charge is 2.24. The molecule has 32 heavy (non-hydrogen) atoms. The highest BCUT2D eigenvalue weighted by molar-refractivity contribution is 5.47. The summed E-state index contributed by atoms with van der Waals surface area (Å²) in [5.74, 6) is 1.00. The van der Waals surface area contributed by atoms with Crippen LogP contribution in [0.5, 0.6) is 11.5 Å². The number of aromatic hydroxyl groups is 2. The third-order valence-corrected chi connectivity index (χ3v) is 6.56. The van der Waals surface area contributed by atoms with Crippen molar-refractivity contribution in [2.45, 2.75) is 117 Å². The van der Waals surface area contributed by atoms with E-state index in [0.29, 0.717) is 11.5 Å². The predicted octanol–water partition coefficient (Wildman–Crippen LogP) is 8.97. The zero-order valence-corrected chi connectivity index (χ0v) is 21.6. The molecule has 2 aromatic carbocycles. The first kappa shape index (κ1) is 26.3. The zero-order chi connectivity index (χ0) is 23.9. The molecule has 2 aromatic rings. The third-order valence-electron chi connectivity index (χ3n) is 6.56. The first-order chi connectivity index (χ1) is 14.9. The molecule has 0 saturated heterocycles. The van der Waals surface area contributed by atoms with Crippen LogP contribution < -0.4 is 0 Å². The van der Waals surface area contributed by atoms with Gasteiger partial charge in [-0.25, -0.2) is 0 Å². The Balaban J connectivity index is 2.35. The Morgan fingerprint density at radius 2 is 1.03 bits per heavy atom. The van der Waals surface area contributed by atoms with E-state index in [1.807, 2.05) is 12.1 Å². The molecule has 0 amide bonds. The maximum absolute atomic E-state index is 10.5. The van der Waals surface area contributed by atoms with Gasteiger partial charge in [0.1, 0.15) is 11.5 Å². The Bertz CT molecular complexity index is 789. The molecule has 0 bridgehead atoms. The lowest BCUT2D eigenvalue weighted by Crippen LogP contribution is -2.14. The highest BCUT2D eigenvalue weighted by Crippen LogP contribution is 2.39. The van der Waals surface area contributed by atoms with E-state index in [1.165, 1.54) is 56.1 Å². The van der Waals surface area contributed by atoms with E-state index < -0.39 is 0 Å². The summed E-state index contributed by atoms with van der Waals surface area (Å²) in [6, 6.07) is 12.3. The number of benzene rings is 2. The first-order valence-electron chi connectivity index (χ1n) is 12.6. The zero-order valence-electron chi connectivity index (χ0n) is 21.6. The Morgan fingerprint density at radius 3 is 1.44 bits per heavy atom. The molecule has 0 radical (unpaired) electrons. The Labute approximate surface area is 197 Å². The molecule has 0 fully saturated rings. The molecule has 2 N–H and O–H groups in total. The highest BCUT2D eigenvalue weighted by atomic mass is 16.3. The van der Waals surface area contributed by atoms with Crippen molar-refractivity contribution in [1.82, 2.24) is 0 Å². The summed E-state index contributed by atoms with van der Waals surface area (Å²) in [4.78, 5) is 0. The number of phenols is 2. The molecule has 2 heteroatoms. The molecule has 0 spiro atoms. The van der Waals surface area contributed by atoms with Crippen LogP contribution in [0.2, 0.25) is 0 Å². The van der Waals surface area contributed by atoms with E-state index in [9.17, 15) is 10.2 Å². The van der Waals surface area contributed by atoms with Gasteiger partial charge in [0.15, 0.2) is 0 Å². The number of hydrogen-bond donors (Lipinski definition) is 2. The third kappa shape index (κ3) is 7.29. The monoisotopic (exact) mass is 438 g/mol. The number of phenolic OH excluding ortho intramolecular Hbond substituents is 2. The van der Waals surface area contributed by atoms with Gasteiger partial charge in [-0.2, -0.15) is 0 Å². The summed E-state index contributed by atoms with van der Waals surface area (Å²) < 4.78 is 0. The fourth-order valence-corrected chi connectivity index (χ4v) is 4.57. The lowest BCUT2D eigenvalue weighted by molar-refractivity contribution is 0.445. The van der Waals surface area contributed by atoms with Crippen molar-refractivity contribution in [3.8, 4) is 11.5 Å². The maximum atomic E-state index is 10.5. The van der Waals surface area contributed by atoms with Gasteiger partial charge in [0.2, 0.25) is 0 Å². The average Bonchev–Trinajstić information content (AvgIpc) is 2.70. The molecule has 2 nitrogen and oxygen atoms in total. The van der Waals surface area contributed by atoms with Gasteiger partial charge in [-0.1, -0.05) is 118 Å². The van der Waals surface area contributed by atoms with E-state index in [2.05, 4.69) is 72.7 Å². The fourth-order valence-electron chi connectivity index (χ4n) is 4.57. The molecular weight excluding hydrogens is 392 g/mol. The summed E-state index contributed by atoms with van der Waals surface area (Å²) in [7, 11) is 0. The first-order valence-corrected chi connectivity index (χ1v) is 12.6. The summed E-state index contributed by atoms with van der Waals surface area (Å²) in [6.07, 6.45) is 10.1. The number of hydrogen-bond acceptors (Lipinski definition) is 2. The molecule has 178 valence electrons.